The lowest BCUT2D eigenvalue weighted by Gasteiger charge is -2.25. The fraction of sp³-hybridized carbons (Fsp3) is 0.667. The predicted molar refractivity (Wildman–Crippen MR) is 429 cm³/mol. The van der Waals surface area contributed by atoms with Gasteiger partial charge in [0, 0.05) is 69.9 Å². The van der Waals surface area contributed by atoms with E-state index in [2.05, 4.69) is 150 Å². The normalized spacial score (nSPS) is 13.7. The smallest absolute Gasteiger partial charge is 0.466 e. The lowest BCUT2D eigenvalue weighted by Crippen LogP contribution is -2.30. The van der Waals surface area contributed by atoms with Gasteiger partial charge in [0.1, 0.15) is 17.2 Å². The Hall–Kier alpha value is -5.21. The van der Waals surface area contributed by atoms with Gasteiger partial charge >= 0.3 is 15.6 Å². The van der Waals surface area contributed by atoms with Gasteiger partial charge in [-0.15, -0.1) is 0 Å². The van der Waals surface area contributed by atoms with E-state index in [1.807, 2.05) is 18.2 Å². The van der Waals surface area contributed by atoms with Crippen LogP contribution < -0.4 is 30.2 Å². The maximum Gasteiger partial charge on any atom is 0.466 e. The van der Waals surface area contributed by atoms with Crippen LogP contribution in [0.25, 0.3) is 32.7 Å². The van der Waals surface area contributed by atoms with Gasteiger partial charge in [-0.1, -0.05) is 83.1 Å². The second-order valence-corrected chi connectivity index (χ2v) is 33.0. The molecule has 0 atom stereocenters. The number of benzene rings is 3. The Morgan fingerprint density at radius 3 is 0.777 bits per heavy atom. The molecule has 3 aromatic heterocycles. The first-order chi connectivity index (χ1) is 48.9. The molecule has 9 rings (SSSR count). The lowest BCUT2D eigenvalue weighted by atomic mass is 9.92. The van der Waals surface area contributed by atoms with Crippen LogP contribution in [0.5, 0.6) is 17.2 Å². The monoisotopic (exact) mass is 1470 g/mol. The average Bonchev–Trinajstić information content (AvgIpc) is 0.789. The highest BCUT2D eigenvalue weighted by atomic mass is 31.2. The third-order valence-electron chi connectivity index (χ3n) is 19.4. The molecule has 3 aromatic carbocycles. The van der Waals surface area contributed by atoms with Gasteiger partial charge < -0.3 is 74.2 Å². The summed E-state index contributed by atoms with van der Waals surface area (Å²) in [5, 5.41) is 15.1. The number of hydrogen-bond acceptors (Lipinski definition) is 14. The summed E-state index contributed by atoms with van der Waals surface area (Å²) in [4.78, 5) is 66.1. The van der Waals surface area contributed by atoms with Crippen molar-refractivity contribution in [2.45, 2.75) is 218 Å². The molecule has 0 fully saturated rings. The molecule has 580 valence electrons. The fourth-order valence-electron chi connectivity index (χ4n) is 13.4. The summed E-state index contributed by atoms with van der Waals surface area (Å²) in [6.45, 7) is 41.7. The van der Waals surface area contributed by atoms with Crippen LogP contribution in [0.4, 0.5) is 17.1 Å². The largest absolute Gasteiger partial charge is 0.497 e. The van der Waals surface area contributed by atoms with Crippen LogP contribution in [0.1, 0.15) is 213 Å². The molecule has 3 heterocycles. The van der Waals surface area contributed by atoms with Gasteiger partial charge in [-0.05, 0) is 301 Å². The van der Waals surface area contributed by atoms with E-state index in [1.165, 1.54) is 222 Å². The molecule has 6 aromatic rings. The fourth-order valence-corrected chi connectivity index (χ4v) is 13.4. The predicted octanol–water partition coefficient (Wildman–Crippen LogP) is 17.1. The van der Waals surface area contributed by atoms with E-state index in [4.69, 9.17) is 67.7 Å². The molecule has 0 aliphatic heterocycles. The van der Waals surface area contributed by atoms with Crippen LogP contribution in [0, 0.1) is 35.5 Å². The number of anilines is 3. The minimum atomic E-state index is -4.64. The van der Waals surface area contributed by atoms with Crippen LogP contribution in [0.3, 0.4) is 0 Å². The Kier molecular flexibility index (Phi) is 39.6. The number of methoxy groups -OCH3 is 3. The number of nitrogens with one attached hydrogen (secondary N) is 3. The Morgan fingerprint density at radius 1 is 0.359 bits per heavy atom. The molecule has 20 nitrogen and oxygen atoms in total. The molecular formula is C81H135N9O11P2. The van der Waals surface area contributed by atoms with Gasteiger partial charge in [-0.3, -0.25) is 15.0 Å². The number of fused-ring (bicyclic) bond motifs is 6. The Balaban J connectivity index is 0.000000260. The van der Waals surface area contributed by atoms with Crippen LogP contribution in [0.15, 0.2) is 54.6 Å². The zero-order chi connectivity index (χ0) is 75.7. The molecule has 3 aliphatic carbocycles. The molecule has 0 saturated heterocycles. The van der Waals surface area contributed by atoms with Crippen LogP contribution >= 0.6 is 15.6 Å². The highest BCUT2D eigenvalue weighted by molar-refractivity contribution is 7.45. The summed E-state index contributed by atoms with van der Waals surface area (Å²) in [5.41, 5.74) is 15.3. The van der Waals surface area contributed by atoms with Crippen molar-refractivity contribution in [2.24, 2.45) is 35.5 Å². The van der Waals surface area contributed by atoms with Crippen LogP contribution in [0.2, 0.25) is 0 Å². The first-order valence-electron chi connectivity index (χ1n) is 38.9. The molecule has 0 spiro atoms. The van der Waals surface area contributed by atoms with Crippen molar-refractivity contribution in [3.63, 3.8) is 0 Å². The molecule has 0 radical (unpaired) electrons. The van der Waals surface area contributed by atoms with E-state index in [0.717, 1.165) is 127 Å². The van der Waals surface area contributed by atoms with Crippen LogP contribution in [-0.4, -0.2) is 159 Å². The van der Waals surface area contributed by atoms with Crippen molar-refractivity contribution in [3.8, 4) is 17.2 Å². The minimum Gasteiger partial charge on any atom is -0.497 e. The van der Waals surface area contributed by atoms with E-state index in [-0.39, 0.29) is 0 Å². The van der Waals surface area contributed by atoms with Gasteiger partial charge in [0.15, 0.2) is 0 Å². The van der Waals surface area contributed by atoms with Gasteiger partial charge in [0.2, 0.25) is 0 Å². The number of pyridine rings is 3. The standard InChI is InChI=1S/3C27H43N3O.2H3O4P/c3*1-20(2)13-17-30(18-14-21(3)4)16-8-15-28-27-23-9-6-7-10-25(23)29-26-12-11-22(31-5)19-24(26)27;2*1-5(2,3)4/h3*11-12,19-21H,6-10,13-18H2,1-5H3,(H,28,29);2*(H3,1,2,3,4). The van der Waals surface area contributed by atoms with Crippen molar-refractivity contribution in [2.75, 3.05) is 116 Å². The number of phosphoric acid groups is 2. The quantitative estimate of drug-likeness (QED) is 0.0131. The Bertz CT molecular complexity index is 3140. The van der Waals surface area contributed by atoms with E-state index in [0.29, 0.717) is 0 Å². The van der Waals surface area contributed by atoms with Gasteiger partial charge in [0.25, 0.3) is 0 Å². The van der Waals surface area contributed by atoms with E-state index in [1.54, 1.807) is 21.3 Å². The van der Waals surface area contributed by atoms with Gasteiger partial charge in [-0.2, -0.15) is 0 Å². The molecule has 22 heteroatoms. The highest BCUT2D eigenvalue weighted by Gasteiger charge is 2.23. The molecular weight excluding hydrogens is 1340 g/mol. The van der Waals surface area contributed by atoms with E-state index < -0.39 is 15.6 Å². The van der Waals surface area contributed by atoms with Gasteiger partial charge in [0.05, 0.1) is 37.9 Å². The third kappa shape index (κ3) is 34.1. The Morgan fingerprint density at radius 2 is 0.573 bits per heavy atom. The Labute approximate surface area is 619 Å². The first-order valence-corrected chi connectivity index (χ1v) is 42.0. The van der Waals surface area contributed by atoms with E-state index >= 15 is 0 Å². The molecule has 103 heavy (non-hydrogen) atoms. The number of nitrogens with zero attached hydrogens (tertiary/aromatic N) is 6. The summed E-state index contributed by atoms with van der Waals surface area (Å²) in [6.07, 6.45) is 25.4. The van der Waals surface area contributed by atoms with Crippen molar-refractivity contribution in [1.29, 1.82) is 0 Å². The topological polar surface area (TPSA) is 268 Å². The number of aromatic nitrogens is 3. The number of ether oxygens (including phenoxy) is 3. The zero-order valence-corrected chi connectivity index (χ0v) is 67.6. The SMILES string of the molecule is COc1ccc2nc3c(c(NCCCN(CCC(C)C)CCC(C)C)c2c1)CCCC3.COc1ccc2nc3c(c(NCCCN(CCC(C)C)CCC(C)C)c2c1)CCCC3.COc1ccc2nc3c(c(NCCCN(CCC(C)C)CCC(C)C)c2c1)CCCC3.O=P(O)(O)O.O=P(O)(O)O. The average molecular weight is 1470 g/mol. The molecule has 0 saturated carbocycles. The van der Waals surface area contributed by atoms with E-state index in [9.17, 15) is 0 Å². The molecule has 0 bridgehead atoms. The molecule has 0 amide bonds. The number of hydrogen-bond donors (Lipinski definition) is 9. The van der Waals surface area contributed by atoms with Crippen molar-refractivity contribution in [1.82, 2.24) is 29.7 Å². The maximum atomic E-state index is 8.88. The third-order valence-corrected chi connectivity index (χ3v) is 19.4. The zero-order valence-electron chi connectivity index (χ0n) is 65.8. The van der Waals surface area contributed by atoms with Crippen LogP contribution in [-0.2, 0) is 47.7 Å². The second kappa shape index (κ2) is 46.1. The van der Waals surface area contributed by atoms with Crippen molar-refractivity contribution in [3.05, 3.63) is 88.4 Å². The highest BCUT2D eigenvalue weighted by Crippen LogP contribution is 2.39. The molecule has 9 N–H and O–H groups in total. The van der Waals surface area contributed by atoms with Crippen molar-refractivity contribution >= 4 is 65.4 Å². The number of rotatable bonds is 36. The molecule has 3 aliphatic rings. The second-order valence-electron chi connectivity index (χ2n) is 31.0. The first kappa shape index (κ1) is 88.4. The maximum absolute atomic E-state index is 8.88. The summed E-state index contributed by atoms with van der Waals surface area (Å²) >= 11 is 0. The summed E-state index contributed by atoms with van der Waals surface area (Å²) in [6, 6.07) is 18.8. The van der Waals surface area contributed by atoms with Gasteiger partial charge in [-0.25, -0.2) is 9.13 Å². The lowest BCUT2D eigenvalue weighted by molar-refractivity contribution is 0.243. The van der Waals surface area contributed by atoms with Crippen molar-refractivity contribution < 1.29 is 52.7 Å². The summed E-state index contributed by atoms with van der Waals surface area (Å²) in [5.74, 6) is 7.32. The summed E-state index contributed by atoms with van der Waals surface area (Å²) < 4.78 is 34.3. The number of aryl methyl sites for hydroxylation is 3. The minimum absolute atomic E-state index is 0.768. The summed E-state index contributed by atoms with van der Waals surface area (Å²) in [7, 11) is -4.06. The molecule has 0 unspecified atom stereocenters.